The molecular weight excluding hydrogens is 447 g/mol. The van der Waals surface area contributed by atoms with Crippen molar-refractivity contribution in [3.63, 3.8) is 0 Å². The number of aromatic carboxylic acids is 1. The molecule has 5 nitrogen and oxygen atoms in total. The number of nitrogens with zero attached hydrogens (tertiary/aromatic N) is 1. The molecule has 1 aliphatic rings. The van der Waals surface area contributed by atoms with Gasteiger partial charge in [-0.2, -0.15) is 0 Å². The Labute approximate surface area is 187 Å². The molecule has 0 spiro atoms. The lowest BCUT2D eigenvalue weighted by Crippen LogP contribution is -2.35. The molecule has 0 aromatic heterocycles. The average Bonchev–Trinajstić information content (AvgIpc) is 2.93. The molecule has 0 saturated carbocycles. The van der Waals surface area contributed by atoms with E-state index in [1.807, 2.05) is 24.3 Å². The summed E-state index contributed by atoms with van der Waals surface area (Å²) in [6, 6.07) is 16.9. The van der Waals surface area contributed by atoms with E-state index < -0.39 is 11.9 Å². The van der Waals surface area contributed by atoms with E-state index in [1.54, 1.807) is 18.2 Å². The fourth-order valence-electron chi connectivity index (χ4n) is 3.54. The summed E-state index contributed by atoms with van der Waals surface area (Å²) in [4.78, 5) is 24.9. The van der Waals surface area contributed by atoms with Crippen LogP contribution >= 0.6 is 34.8 Å². The number of hydrazine groups is 1. The largest absolute Gasteiger partial charge is 0.478 e. The third-order valence-electron chi connectivity index (χ3n) is 4.90. The van der Waals surface area contributed by atoms with E-state index in [2.05, 4.69) is 5.43 Å². The van der Waals surface area contributed by atoms with Gasteiger partial charge in [0.15, 0.2) is 0 Å². The number of anilines is 2. The number of hydrogen-bond acceptors (Lipinski definition) is 3. The molecule has 1 unspecified atom stereocenters. The molecule has 0 bridgehead atoms. The fourth-order valence-corrected chi connectivity index (χ4v) is 4.09. The summed E-state index contributed by atoms with van der Waals surface area (Å²) in [5, 5.41) is 12.2. The lowest BCUT2D eigenvalue weighted by atomic mass is 9.93. The topological polar surface area (TPSA) is 69.6 Å². The van der Waals surface area contributed by atoms with Crippen LogP contribution in [0.3, 0.4) is 0 Å². The predicted molar refractivity (Wildman–Crippen MR) is 119 cm³/mol. The van der Waals surface area contributed by atoms with Crippen LogP contribution in [0.25, 0.3) is 0 Å². The van der Waals surface area contributed by atoms with Gasteiger partial charge in [0.05, 0.1) is 22.9 Å². The van der Waals surface area contributed by atoms with Crippen molar-refractivity contribution in [3.05, 3.63) is 92.4 Å². The first-order valence-electron chi connectivity index (χ1n) is 9.01. The van der Waals surface area contributed by atoms with Crippen molar-refractivity contribution in [1.29, 1.82) is 0 Å². The van der Waals surface area contributed by atoms with Crippen LogP contribution in [0.2, 0.25) is 15.1 Å². The molecule has 1 aliphatic heterocycles. The van der Waals surface area contributed by atoms with Crippen LogP contribution in [-0.4, -0.2) is 17.0 Å². The predicted octanol–water partition coefficient (Wildman–Crippen LogP) is 6.05. The van der Waals surface area contributed by atoms with Crippen molar-refractivity contribution < 1.29 is 14.7 Å². The van der Waals surface area contributed by atoms with Crippen LogP contribution in [0.15, 0.2) is 60.7 Å². The van der Waals surface area contributed by atoms with Gasteiger partial charge in [-0.25, -0.2) is 9.80 Å². The SMILES string of the molecule is O=C(O)c1ccc(Cl)cc1NN1C(=O)C(Cc2cccc(Cl)c2)c2ccc(Cl)cc21. The second-order valence-electron chi connectivity index (χ2n) is 6.87. The van der Waals surface area contributed by atoms with Crippen molar-refractivity contribution in [2.75, 3.05) is 10.4 Å². The molecule has 2 N–H and O–H groups in total. The number of carbonyl (C=O) groups is 2. The fraction of sp³-hybridized carbons (Fsp3) is 0.0909. The molecule has 0 fully saturated rings. The molecule has 152 valence electrons. The van der Waals surface area contributed by atoms with Crippen LogP contribution in [0.4, 0.5) is 11.4 Å². The van der Waals surface area contributed by atoms with Gasteiger partial charge in [-0.15, -0.1) is 0 Å². The summed E-state index contributed by atoms with van der Waals surface area (Å²) in [7, 11) is 0. The van der Waals surface area contributed by atoms with Gasteiger partial charge >= 0.3 is 5.97 Å². The first-order valence-corrected chi connectivity index (χ1v) is 10.1. The number of hydrogen-bond donors (Lipinski definition) is 2. The second-order valence-corrected chi connectivity index (χ2v) is 8.18. The molecule has 1 heterocycles. The normalized spacial score (nSPS) is 15.2. The van der Waals surface area contributed by atoms with Gasteiger partial charge in [0.1, 0.15) is 0 Å². The Kier molecular flexibility index (Phi) is 5.60. The summed E-state index contributed by atoms with van der Waals surface area (Å²) in [5.74, 6) is -1.85. The Morgan fingerprint density at radius 3 is 2.40 bits per heavy atom. The van der Waals surface area contributed by atoms with E-state index in [4.69, 9.17) is 34.8 Å². The van der Waals surface area contributed by atoms with E-state index in [0.29, 0.717) is 27.2 Å². The first kappa shape index (κ1) is 20.5. The number of fused-ring (bicyclic) bond motifs is 1. The number of carbonyl (C=O) groups excluding carboxylic acids is 1. The van der Waals surface area contributed by atoms with Gasteiger partial charge in [0.25, 0.3) is 5.91 Å². The van der Waals surface area contributed by atoms with Crippen LogP contribution in [0.1, 0.15) is 27.4 Å². The zero-order valence-corrected chi connectivity index (χ0v) is 17.7. The van der Waals surface area contributed by atoms with E-state index in [-0.39, 0.29) is 17.2 Å². The maximum absolute atomic E-state index is 13.3. The smallest absolute Gasteiger partial charge is 0.337 e. The van der Waals surface area contributed by atoms with Gasteiger partial charge in [-0.1, -0.05) is 53.0 Å². The third-order valence-corrected chi connectivity index (χ3v) is 5.61. The summed E-state index contributed by atoms with van der Waals surface area (Å²) < 4.78 is 0. The first-order chi connectivity index (χ1) is 14.3. The minimum absolute atomic E-state index is 0.00549. The minimum Gasteiger partial charge on any atom is -0.478 e. The molecule has 0 aliphatic carbocycles. The van der Waals surface area contributed by atoms with Gasteiger partial charge in [0.2, 0.25) is 0 Å². The van der Waals surface area contributed by atoms with Gasteiger partial charge in [-0.3, -0.25) is 10.2 Å². The van der Waals surface area contributed by atoms with Crippen molar-refractivity contribution in [2.24, 2.45) is 0 Å². The highest BCUT2D eigenvalue weighted by molar-refractivity contribution is 6.31. The molecule has 1 atom stereocenters. The summed E-state index contributed by atoms with van der Waals surface area (Å²) in [6.07, 6.45) is 0.438. The zero-order chi connectivity index (χ0) is 21.4. The number of halogens is 3. The van der Waals surface area contributed by atoms with Crippen molar-refractivity contribution in [1.82, 2.24) is 0 Å². The van der Waals surface area contributed by atoms with Crippen molar-refractivity contribution in [3.8, 4) is 0 Å². The molecule has 3 aromatic rings. The Morgan fingerprint density at radius 2 is 1.67 bits per heavy atom. The third kappa shape index (κ3) is 3.97. The van der Waals surface area contributed by atoms with E-state index in [9.17, 15) is 14.7 Å². The van der Waals surface area contributed by atoms with E-state index >= 15 is 0 Å². The zero-order valence-electron chi connectivity index (χ0n) is 15.4. The Morgan fingerprint density at radius 1 is 0.967 bits per heavy atom. The molecule has 8 heteroatoms. The van der Waals surface area contributed by atoms with E-state index in [1.165, 1.54) is 23.2 Å². The lowest BCUT2D eigenvalue weighted by molar-refractivity contribution is -0.119. The van der Waals surface area contributed by atoms with Crippen LogP contribution < -0.4 is 10.4 Å². The van der Waals surface area contributed by atoms with Crippen molar-refractivity contribution >= 4 is 58.1 Å². The maximum Gasteiger partial charge on any atom is 0.337 e. The number of nitrogens with one attached hydrogen (secondary N) is 1. The summed E-state index contributed by atoms with van der Waals surface area (Å²) >= 11 is 18.3. The molecular formula is C22H15Cl3N2O3. The van der Waals surface area contributed by atoms with Gasteiger partial charge < -0.3 is 5.11 Å². The number of rotatable bonds is 5. The Hall–Kier alpha value is -2.73. The standard InChI is InChI=1S/C22H15Cl3N2O3/c23-13-3-1-2-12(8-13)9-18-16-6-4-15(25)11-20(16)27(21(18)28)26-19-10-14(24)5-7-17(19)22(29)30/h1-8,10-11,18,26H,9H2,(H,29,30). The maximum atomic E-state index is 13.3. The quantitative estimate of drug-likeness (QED) is 0.485. The monoisotopic (exact) mass is 460 g/mol. The molecule has 0 radical (unpaired) electrons. The Bertz CT molecular complexity index is 1170. The number of amides is 1. The molecule has 0 saturated heterocycles. The highest BCUT2D eigenvalue weighted by Crippen LogP contribution is 2.41. The summed E-state index contributed by atoms with van der Waals surface area (Å²) in [5.41, 5.74) is 5.39. The van der Waals surface area contributed by atoms with Gasteiger partial charge in [0, 0.05) is 15.1 Å². The average molecular weight is 462 g/mol. The second kappa shape index (κ2) is 8.19. The molecule has 3 aromatic carbocycles. The van der Waals surface area contributed by atoms with Crippen LogP contribution in [-0.2, 0) is 11.2 Å². The number of carboxylic acids is 1. The van der Waals surface area contributed by atoms with E-state index in [0.717, 1.165) is 11.1 Å². The highest BCUT2D eigenvalue weighted by Gasteiger charge is 2.38. The Balaban J connectivity index is 1.73. The number of carboxylic acid groups (broad SMARTS) is 1. The summed E-state index contributed by atoms with van der Waals surface area (Å²) in [6.45, 7) is 0. The number of benzene rings is 3. The van der Waals surface area contributed by atoms with Crippen LogP contribution in [0.5, 0.6) is 0 Å². The lowest BCUT2D eigenvalue weighted by Gasteiger charge is -2.22. The van der Waals surface area contributed by atoms with Crippen LogP contribution in [0, 0.1) is 0 Å². The molecule has 30 heavy (non-hydrogen) atoms. The van der Waals surface area contributed by atoms with Gasteiger partial charge in [-0.05, 0) is 60.0 Å². The molecule has 4 rings (SSSR count). The highest BCUT2D eigenvalue weighted by atomic mass is 35.5. The molecule has 1 amide bonds. The minimum atomic E-state index is -1.14. The van der Waals surface area contributed by atoms with Crippen molar-refractivity contribution in [2.45, 2.75) is 12.3 Å².